The van der Waals surface area contributed by atoms with Crippen molar-refractivity contribution < 1.29 is 18.0 Å². The van der Waals surface area contributed by atoms with Crippen molar-refractivity contribution in [2.24, 2.45) is 0 Å². The predicted octanol–water partition coefficient (Wildman–Crippen LogP) is 4.94. The summed E-state index contributed by atoms with van der Waals surface area (Å²) < 4.78 is 22.9. The summed E-state index contributed by atoms with van der Waals surface area (Å²) in [5.41, 5.74) is 0.714. The van der Waals surface area contributed by atoms with Gasteiger partial charge in [-0.2, -0.15) is 0 Å². The fourth-order valence-corrected chi connectivity index (χ4v) is 4.50. The van der Waals surface area contributed by atoms with Crippen LogP contribution in [0, 0.1) is 6.07 Å². The van der Waals surface area contributed by atoms with Gasteiger partial charge in [-0.1, -0.05) is 36.4 Å². The molecule has 0 N–H and O–H groups in total. The summed E-state index contributed by atoms with van der Waals surface area (Å²) in [6.07, 6.45) is 0. The molecule has 3 rings (SSSR count). The first-order chi connectivity index (χ1) is 12.6. The lowest BCUT2D eigenvalue weighted by Gasteiger charge is -2.21. The smallest absolute Gasteiger partial charge is 0.380 e. The predicted molar refractivity (Wildman–Crippen MR) is 105 cm³/mol. The van der Waals surface area contributed by atoms with Crippen LogP contribution < -0.4 is 9.95 Å². The van der Waals surface area contributed by atoms with Crippen molar-refractivity contribution >= 4 is 29.5 Å². The van der Waals surface area contributed by atoms with Gasteiger partial charge in [-0.05, 0) is 32.0 Å². The first-order valence-corrected chi connectivity index (χ1v) is 10.7. The molecule has 0 amide bonds. The van der Waals surface area contributed by atoms with Crippen molar-refractivity contribution in [3.8, 4) is 17.1 Å². The first kappa shape index (κ1) is 18.8. The van der Waals surface area contributed by atoms with Crippen LogP contribution in [0.3, 0.4) is 0 Å². The van der Waals surface area contributed by atoms with E-state index < -0.39 is 6.72 Å². The minimum absolute atomic E-state index is 0.0172. The van der Waals surface area contributed by atoms with Crippen LogP contribution in [0.25, 0.3) is 22.3 Å². The monoisotopic (exact) mass is 389 g/mol. The molecule has 0 saturated carbocycles. The maximum atomic E-state index is 13.1. The van der Waals surface area contributed by atoms with Crippen LogP contribution in [-0.2, 0) is 20.9 Å². The van der Waals surface area contributed by atoms with Gasteiger partial charge in [-0.25, -0.2) is 0 Å². The van der Waals surface area contributed by atoms with E-state index in [0.29, 0.717) is 29.7 Å². The highest BCUT2D eigenvalue weighted by molar-refractivity contribution is 8.07. The molecule has 0 atom stereocenters. The minimum Gasteiger partial charge on any atom is -0.452 e. The number of hydrogen-bond donors (Lipinski definition) is 0. The standard InChI is InChI=1S/C19H18O5PS/c1-3-21-25(26,22-4-2)24-19-17(20)15-12-8-9-13-16(15)23-18(19)14-10-6-5-7-11-14/h5-10,12-13H,3-4H2,1-2H3. The number of fused-ring (bicyclic) bond motifs is 1. The van der Waals surface area contributed by atoms with Crippen molar-refractivity contribution in [1.82, 2.24) is 0 Å². The Hall–Kier alpha value is -1.98. The Morgan fingerprint density at radius 3 is 2.42 bits per heavy atom. The Morgan fingerprint density at radius 1 is 1.08 bits per heavy atom. The van der Waals surface area contributed by atoms with E-state index in [9.17, 15) is 4.79 Å². The molecule has 3 aromatic rings. The molecule has 135 valence electrons. The Kier molecular flexibility index (Phi) is 5.89. The van der Waals surface area contributed by atoms with Crippen LogP contribution in [0.4, 0.5) is 0 Å². The number of para-hydroxylation sites is 1. The SMILES string of the molecule is CCOP(=S)(OCC)Oc1c(-c2[c]cccc2)oc2ccccc2c1=O. The molecule has 0 aliphatic carbocycles. The van der Waals surface area contributed by atoms with Crippen LogP contribution in [-0.4, -0.2) is 13.2 Å². The highest BCUT2D eigenvalue weighted by Gasteiger charge is 2.27. The molecular weight excluding hydrogens is 371 g/mol. The average molecular weight is 389 g/mol. The fraction of sp³-hybridized carbons (Fsp3) is 0.211. The summed E-state index contributed by atoms with van der Waals surface area (Å²) in [7, 11) is 0. The van der Waals surface area contributed by atoms with Crippen LogP contribution >= 0.6 is 6.72 Å². The third-order valence-electron chi connectivity index (χ3n) is 3.49. The van der Waals surface area contributed by atoms with E-state index in [1.54, 1.807) is 50.2 Å². The van der Waals surface area contributed by atoms with E-state index in [0.717, 1.165) is 0 Å². The zero-order chi connectivity index (χ0) is 18.6. The molecule has 0 unspecified atom stereocenters. The highest BCUT2D eigenvalue weighted by atomic mass is 32.5. The Labute approximate surface area is 156 Å². The van der Waals surface area contributed by atoms with E-state index in [1.807, 2.05) is 12.1 Å². The van der Waals surface area contributed by atoms with E-state index in [-0.39, 0.29) is 16.9 Å². The number of hydrogen-bond acceptors (Lipinski definition) is 6. The first-order valence-electron chi connectivity index (χ1n) is 8.19. The minimum atomic E-state index is -3.13. The maximum Gasteiger partial charge on any atom is 0.380 e. The lowest BCUT2D eigenvalue weighted by atomic mass is 10.1. The van der Waals surface area contributed by atoms with Crippen LogP contribution in [0.5, 0.6) is 5.75 Å². The van der Waals surface area contributed by atoms with E-state index >= 15 is 0 Å². The summed E-state index contributed by atoms with van der Waals surface area (Å²) in [5, 5.41) is 0.400. The summed E-state index contributed by atoms with van der Waals surface area (Å²) >= 11 is 5.43. The molecule has 0 fully saturated rings. The van der Waals surface area contributed by atoms with Crippen molar-refractivity contribution in [3.63, 3.8) is 0 Å². The van der Waals surface area contributed by atoms with E-state index in [2.05, 4.69) is 6.07 Å². The van der Waals surface area contributed by atoms with Gasteiger partial charge < -0.3 is 8.94 Å². The van der Waals surface area contributed by atoms with Gasteiger partial charge in [0.2, 0.25) is 11.2 Å². The average Bonchev–Trinajstić information content (AvgIpc) is 2.65. The second-order valence-corrected chi connectivity index (χ2v) is 8.17. The van der Waals surface area contributed by atoms with Gasteiger partial charge in [-0.15, -0.1) is 0 Å². The van der Waals surface area contributed by atoms with Crippen molar-refractivity contribution in [3.05, 3.63) is 64.8 Å². The Balaban J connectivity index is 2.23. The van der Waals surface area contributed by atoms with Gasteiger partial charge in [0.1, 0.15) is 5.58 Å². The van der Waals surface area contributed by atoms with Gasteiger partial charge >= 0.3 is 6.72 Å². The Morgan fingerprint density at radius 2 is 1.77 bits per heavy atom. The number of rotatable bonds is 7. The molecular formula is C19H18O5PS. The van der Waals surface area contributed by atoms with E-state index in [4.69, 9.17) is 29.8 Å². The highest BCUT2D eigenvalue weighted by Crippen LogP contribution is 2.51. The number of benzene rings is 2. The zero-order valence-corrected chi connectivity index (χ0v) is 16.1. The zero-order valence-electron chi connectivity index (χ0n) is 14.4. The topological polar surface area (TPSA) is 57.9 Å². The van der Waals surface area contributed by atoms with Gasteiger partial charge in [0.25, 0.3) is 0 Å². The second-order valence-electron chi connectivity index (χ2n) is 5.24. The van der Waals surface area contributed by atoms with Gasteiger partial charge in [0, 0.05) is 17.4 Å². The quantitative estimate of drug-likeness (QED) is 0.534. The van der Waals surface area contributed by atoms with Gasteiger partial charge in [-0.3, -0.25) is 13.8 Å². The molecule has 7 heteroatoms. The molecule has 0 saturated heterocycles. The van der Waals surface area contributed by atoms with Gasteiger partial charge in [0.15, 0.2) is 5.76 Å². The lowest BCUT2D eigenvalue weighted by molar-refractivity contribution is 0.217. The molecule has 0 spiro atoms. The maximum absolute atomic E-state index is 13.1. The normalized spacial score (nSPS) is 11.6. The molecule has 5 nitrogen and oxygen atoms in total. The van der Waals surface area contributed by atoms with Crippen LogP contribution in [0.2, 0.25) is 0 Å². The van der Waals surface area contributed by atoms with Crippen molar-refractivity contribution in [2.45, 2.75) is 13.8 Å². The molecule has 0 aliphatic heterocycles. The molecule has 1 aromatic heterocycles. The second kappa shape index (κ2) is 8.14. The molecule has 1 heterocycles. The van der Waals surface area contributed by atoms with E-state index in [1.165, 1.54) is 0 Å². The largest absolute Gasteiger partial charge is 0.452 e. The summed E-state index contributed by atoms with van der Waals surface area (Å²) in [6.45, 7) is 1.06. The van der Waals surface area contributed by atoms with Crippen LogP contribution in [0.1, 0.15) is 13.8 Å². The third-order valence-corrected chi connectivity index (χ3v) is 5.90. The Bertz CT molecular complexity index is 990. The van der Waals surface area contributed by atoms with Crippen molar-refractivity contribution in [2.75, 3.05) is 13.2 Å². The van der Waals surface area contributed by atoms with Crippen molar-refractivity contribution in [1.29, 1.82) is 0 Å². The third kappa shape index (κ3) is 3.89. The summed E-state index contributed by atoms with van der Waals surface area (Å²) in [4.78, 5) is 13.1. The summed E-state index contributed by atoms with van der Waals surface area (Å²) in [6, 6.07) is 17.2. The fourth-order valence-electron chi connectivity index (χ4n) is 2.44. The molecule has 26 heavy (non-hydrogen) atoms. The summed E-state index contributed by atoms with van der Waals surface area (Å²) in [5.74, 6) is 0.235. The molecule has 0 bridgehead atoms. The molecule has 2 aromatic carbocycles. The van der Waals surface area contributed by atoms with Gasteiger partial charge in [0.05, 0.1) is 18.6 Å². The molecule has 0 aliphatic rings. The van der Waals surface area contributed by atoms with Crippen LogP contribution in [0.15, 0.2) is 57.7 Å². The lowest BCUT2D eigenvalue weighted by Crippen LogP contribution is -2.11. The molecule has 1 radical (unpaired) electrons.